The first-order valence-corrected chi connectivity index (χ1v) is 4.75. The van der Waals surface area contributed by atoms with Crippen molar-refractivity contribution in [2.45, 2.75) is 0 Å². The Kier molecular flexibility index (Phi) is 15.9. The molecule has 1 amide bonds. The van der Waals surface area contributed by atoms with Gasteiger partial charge in [0.15, 0.2) is 0 Å². The number of amides is 1. The number of hydrogen-bond acceptors (Lipinski definition) is 3. The second-order valence-electron chi connectivity index (χ2n) is 0.417. The summed E-state index contributed by atoms with van der Waals surface area (Å²) in [5.74, 6) is 0. The molecule has 0 aliphatic carbocycles. The van der Waals surface area contributed by atoms with E-state index in [9.17, 15) is 4.79 Å². The quantitative estimate of drug-likeness (QED) is 0.435. The second kappa shape index (κ2) is 10.1. The maximum absolute atomic E-state index is 9.49. The normalized spacial score (nSPS) is 5.43. The molecule has 0 saturated heterocycles. The average molecular weight is 237 g/mol. The molecule has 7 heavy (non-hydrogen) atoms. The zero-order valence-electron chi connectivity index (χ0n) is 3.12. The van der Waals surface area contributed by atoms with Crippen molar-refractivity contribution >= 4 is 40.5 Å². The van der Waals surface area contributed by atoms with Gasteiger partial charge in [-0.1, -0.05) is 25.4 Å². The summed E-state index contributed by atoms with van der Waals surface area (Å²) in [4.78, 5) is 9.49. The summed E-state index contributed by atoms with van der Waals surface area (Å²) in [5.41, 5.74) is 0. The van der Waals surface area contributed by atoms with Crippen LogP contribution >= 0.6 is 35.3 Å². The van der Waals surface area contributed by atoms with Crippen LogP contribution in [0.2, 0.25) is 0 Å². The molecular weight excluding hydrogens is 234 g/mol. The fourth-order valence-corrected chi connectivity index (χ4v) is 0. The molecule has 0 bridgehead atoms. The maximum atomic E-state index is 9.49. The van der Waals surface area contributed by atoms with Gasteiger partial charge in [-0.3, -0.25) is 9.52 Å². The number of thiol groups is 2. The van der Waals surface area contributed by atoms with E-state index < -0.39 is 5.24 Å². The fraction of sp³-hybridized carbons (Fsp3) is 0. The average Bonchev–Trinajstić information content (AvgIpc) is 1.73. The molecule has 0 aromatic carbocycles. The van der Waals surface area contributed by atoms with E-state index in [0.29, 0.717) is 0 Å². The molecule has 1 N–H and O–H groups in total. The monoisotopic (exact) mass is 239 g/mol. The van der Waals surface area contributed by atoms with Crippen molar-refractivity contribution in [3.63, 3.8) is 0 Å². The van der Waals surface area contributed by atoms with E-state index in [1.54, 1.807) is 0 Å². The van der Waals surface area contributed by atoms with Crippen LogP contribution in [-0.4, -0.2) is 5.24 Å². The molecule has 0 unspecified atom stereocenters. The molecule has 0 rings (SSSR count). The summed E-state index contributed by atoms with van der Waals surface area (Å²) >= 11 is 8.14. The van der Waals surface area contributed by atoms with Gasteiger partial charge >= 0.3 is 27.8 Å². The van der Waals surface area contributed by atoms with E-state index in [1.807, 2.05) is 4.72 Å². The first kappa shape index (κ1) is 11.0. The molecule has 0 fully saturated rings. The van der Waals surface area contributed by atoms with E-state index in [2.05, 4.69) is 35.3 Å². The summed E-state index contributed by atoms with van der Waals surface area (Å²) in [6.07, 6.45) is 0. The zero-order chi connectivity index (χ0) is 6.28. The molecule has 0 saturated carbocycles. The van der Waals surface area contributed by atoms with Gasteiger partial charge in [-0.05, 0) is 0 Å². The van der Waals surface area contributed by atoms with Crippen molar-refractivity contribution in [2.24, 2.45) is 0 Å². The van der Waals surface area contributed by atoms with E-state index >= 15 is 0 Å². The standard InChI is InChI=1S/CH3NOS2.Mo.S/c3-1(4)2-5;;/h5H,(H2,2,3,4);;. The van der Waals surface area contributed by atoms with Gasteiger partial charge < -0.3 is 0 Å². The van der Waals surface area contributed by atoms with Crippen molar-refractivity contribution in [1.82, 2.24) is 4.72 Å². The van der Waals surface area contributed by atoms with E-state index in [1.165, 1.54) is 18.0 Å². The van der Waals surface area contributed by atoms with Crippen LogP contribution in [0.5, 0.6) is 0 Å². The summed E-state index contributed by atoms with van der Waals surface area (Å²) in [6.45, 7) is 0. The van der Waals surface area contributed by atoms with Crippen LogP contribution in [0, 0.1) is 0 Å². The Balaban J connectivity index is 0. The Hall–Kier alpha value is 1.08. The Labute approximate surface area is 67.7 Å². The van der Waals surface area contributed by atoms with Gasteiger partial charge in [0, 0.05) is 0 Å². The predicted molar refractivity (Wildman–Crippen MR) is 34.1 cm³/mol. The Morgan fingerprint density at radius 2 is 1.86 bits per heavy atom. The molecule has 0 aliphatic heterocycles. The van der Waals surface area contributed by atoms with Crippen LogP contribution in [0.1, 0.15) is 0 Å². The van der Waals surface area contributed by atoms with Crippen molar-refractivity contribution in [3.8, 4) is 0 Å². The topological polar surface area (TPSA) is 29.1 Å². The van der Waals surface area contributed by atoms with Crippen LogP contribution in [0.3, 0.4) is 0 Å². The predicted octanol–water partition coefficient (Wildman–Crippen LogP) is 1.12. The van der Waals surface area contributed by atoms with Crippen LogP contribution in [0.4, 0.5) is 4.79 Å². The van der Waals surface area contributed by atoms with Crippen molar-refractivity contribution < 1.29 is 22.8 Å². The van der Waals surface area contributed by atoms with Crippen LogP contribution in [0.15, 0.2) is 0 Å². The zero-order valence-corrected chi connectivity index (χ0v) is 7.73. The first-order chi connectivity index (χ1) is 3.27. The molecule has 0 aliphatic rings. The Morgan fingerprint density at radius 3 is 1.86 bits per heavy atom. The molecule has 2 nitrogen and oxygen atoms in total. The van der Waals surface area contributed by atoms with E-state index in [4.69, 9.17) is 0 Å². The van der Waals surface area contributed by atoms with Crippen molar-refractivity contribution in [1.29, 1.82) is 0 Å². The van der Waals surface area contributed by atoms with Gasteiger partial charge in [-0.15, -0.1) is 0 Å². The Bertz CT molecular complexity index is 58.9. The van der Waals surface area contributed by atoms with Gasteiger partial charge in [0.05, 0.1) is 0 Å². The summed E-state index contributed by atoms with van der Waals surface area (Å²) in [5, 5.41) is -0.437. The number of carbonyl (C=O) groups excluding carboxylic acids is 1. The molecule has 0 radical (unpaired) electrons. The molecule has 0 aromatic heterocycles. The number of hydrogen-bond donors (Lipinski definition) is 3. The summed E-state index contributed by atoms with van der Waals surface area (Å²) < 4.78 is 1.95. The minimum absolute atomic E-state index is 0.437. The van der Waals surface area contributed by atoms with Gasteiger partial charge in [0.1, 0.15) is 0 Å². The van der Waals surface area contributed by atoms with Crippen molar-refractivity contribution in [3.05, 3.63) is 0 Å². The molecule has 6 heteroatoms. The van der Waals surface area contributed by atoms with Gasteiger partial charge in [-0.2, -0.15) is 0 Å². The third kappa shape index (κ3) is 19.3. The molecular formula is CH3MoNOS3. The first-order valence-electron chi connectivity index (χ1n) is 1.07. The van der Waals surface area contributed by atoms with E-state index in [-0.39, 0.29) is 0 Å². The Morgan fingerprint density at radius 1 is 1.71 bits per heavy atom. The summed E-state index contributed by atoms with van der Waals surface area (Å²) in [6, 6.07) is 0. The number of rotatable bonds is 0. The number of nitrogens with one attached hydrogen (secondary N) is 1. The number of carbonyl (C=O) groups is 1. The summed E-state index contributed by atoms with van der Waals surface area (Å²) in [7, 11) is 4.09. The van der Waals surface area contributed by atoms with Gasteiger partial charge in [0.25, 0.3) is 5.24 Å². The van der Waals surface area contributed by atoms with Gasteiger partial charge in [-0.25, -0.2) is 0 Å². The van der Waals surface area contributed by atoms with Crippen LogP contribution in [0.25, 0.3) is 0 Å². The van der Waals surface area contributed by atoms with Gasteiger partial charge in [0.2, 0.25) is 0 Å². The molecule has 0 heterocycles. The second-order valence-corrected chi connectivity index (χ2v) is 1.05. The third-order valence-corrected chi connectivity index (χ3v) is 0.587. The molecule has 42 valence electrons. The SMILES string of the molecule is O=C(S)NS.[S]=[Mo]. The third-order valence-electron chi connectivity index (χ3n) is 0.0956. The minimum atomic E-state index is -0.437. The van der Waals surface area contributed by atoms with E-state index in [0.717, 1.165) is 0 Å². The fourth-order valence-electron chi connectivity index (χ4n) is 0. The van der Waals surface area contributed by atoms with Crippen molar-refractivity contribution in [2.75, 3.05) is 0 Å². The van der Waals surface area contributed by atoms with Crippen LogP contribution < -0.4 is 4.72 Å². The van der Waals surface area contributed by atoms with Crippen LogP contribution in [-0.2, 0) is 18.0 Å². The molecule has 0 aromatic rings. The molecule has 0 atom stereocenters. The molecule has 0 spiro atoms.